The Morgan fingerprint density at radius 2 is 1.53 bits per heavy atom. The highest BCUT2D eigenvalue weighted by Crippen LogP contribution is 2.43. The van der Waals surface area contributed by atoms with Crippen LogP contribution in [0.3, 0.4) is 0 Å². The van der Waals surface area contributed by atoms with Gasteiger partial charge in [-0.3, -0.25) is 0 Å². The highest BCUT2D eigenvalue weighted by atomic mass is 19.4. The SMILES string of the molecule is NC/C=C/c1ccc(C(F)(F)C(F)(F)F)cc1. The summed E-state index contributed by atoms with van der Waals surface area (Å²) in [6.07, 6.45) is -2.48. The lowest BCUT2D eigenvalue weighted by atomic mass is 10.1. The summed E-state index contributed by atoms with van der Waals surface area (Å²) in [4.78, 5) is 0. The Hall–Kier alpha value is -1.43. The quantitative estimate of drug-likeness (QED) is 0.819. The van der Waals surface area contributed by atoms with Crippen LogP contribution in [-0.2, 0) is 5.92 Å². The molecule has 1 aromatic carbocycles. The molecule has 0 aromatic heterocycles. The van der Waals surface area contributed by atoms with Gasteiger partial charge in [-0.2, -0.15) is 22.0 Å². The maximum absolute atomic E-state index is 12.9. The number of halogens is 5. The van der Waals surface area contributed by atoms with Crippen LogP contribution in [-0.4, -0.2) is 12.7 Å². The normalized spacial score (nSPS) is 13.3. The van der Waals surface area contributed by atoms with Crippen molar-refractivity contribution in [3.63, 3.8) is 0 Å². The summed E-state index contributed by atoms with van der Waals surface area (Å²) in [6, 6.07) is 3.87. The van der Waals surface area contributed by atoms with Crippen LogP contribution < -0.4 is 5.73 Å². The summed E-state index contributed by atoms with van der Waals surface area (Å²) in [5, 5.41) is 0. The number of hydrogen-bond donors (Lipinski definition) is 1. The fourth-order valence-electron chi connectivity index (χ4n) is 1.17. The summed E-state index contributed by atoms with van der Waals surface area (Å²) < 4.78 is 61.9. The van der Waals surface area contributed by atoms with Gasteiger partial charge in [0.25, 0.3) is 0 Å². The van der Waals surface area contributed by atoms with Crippen LogP contribution in [0.15, 0.2) is 30.3 Å². The standard InChI is InChI=1S/C11H10F5N/c12-10(13,11(14,15)16)9-5-3-8(4-6-9)2-1-7-17/h1-6H,7,17H2/b2-1+. The Morgan fingerprint density at radius 3 is 1.94 bits per heavy atom. The summed E-state index contributed by atoms with van der Waals surface area (Å²) in [5.41, 5.74) is 4.61. The summed E-state index contributed by atoms with van der Waals surface area (Å²) in [6.45, 7) is 0.264. The van der Waals surface area contributed by atoms with E-state index in [1.165, 1.54) is 18.2 Å². The van der Waals surface area contributed by atoms with Crippen molar-refractivity contribution < 1.29 is 22.0 Å². The second-order valence-corrected chi connectivity index (χ2v) is 3.33. The Morgan fingerprint density at radius 1 is 1.00 bits per heavy atom. The predicted octanol–water partition coefficient (Wildman–Crippen LogP) is 3.31. The van der Waals surface area contributed by atoms with Crippen molar-refractivity contribution in [2.45, 2.75) is 12.1 Å². The predicted molar refractivity (Wildman–Crippen MR) is 54.5 cm³/mol. The molecule has 0 saturated heterocycles. The van der Waals surface area contributed by atoms with Crippen LogP contribution in [0.5, 0.6) is 0 Å². The molecule has 6 heteroatoms. The van der Waals surface area contributed by atoms with Crippen LogP contribution in [0, 0.1) is 0 Å². The molecule has 0 radical (unpaired) electrons. The average Bonchev–Trinajstić information content (AvgIpc) is 2.25. The van der Waals surface area contributed by atoms with Crippen LogP contribution in [0.25, 0.3) is 6.08 Å². The van der Waals surface area contributed by atoms with Crippen molar-refractivity contribution in [2.75, 3.05) is 6.54 Å². The van der Waals surface area contributed by atoms with Crippen LogP contribution >= 0.6 is 0 Å². The monoisotopic (exact) mass is 251 g/mol. The third kappa shape index (κ3) is 3.03. The van der Waals surface area contributed by atoms with E-state index in [1.54, 1.807) is 6.08 Å². The Balaban J connectivity index is 2.99. The van der Waals surface area contributed by atoms with Crippen molar-refractivity contribution in [1.82, 2.24) is 0 Å². The van der Waals surface area contributed by atoms with Gasteiger partial charge in [-0.05, 0) is 5.56 Å². The molecule has 0 amide bonds. The minimum atomic E-state index is -5.58. The fraction of sp³-hybridized carbons (Fsp3) is 0.273. The first-order chi connectivity index (χ1) is 7.79. The molecule has 0 atom stereocenters. The molecular weight excluding hydrogens is 241 g/mol. The highest BCUT2D eigenvalue weighted by Gasteiger charge is 2.58. The van der Waals surface area contributed by atoms with Gasteiger partial charge >= 0.3 is 12.1 Å². The minimum Gasteiger partial charge on any atom is -0.327 e. The first kappa shape index (κ1) is 13.6. The molecule has 0 aliphatic rings. The topological polar surface area (TPSA) is 26.0 Å². The van der Waals surface area contributed by atoms with Gasteiger partial charge in [-0.25, -0.2) is 0 Å². The molecule has 0 bridgehead atoms. The van der Waals surface area contributed by atoms with Crippen LogP contribution in [0.1, 0.15) is 11.1 Å². The van der Waals surface area contributed by atoms with E-state index in [0.717, 1.165) is 12.1 Å². The molecule has 1 rings (SSSR count). The van der Waals surface area contributed by atoms with Gasteiger partial charge in [-0.15, -0.1) is 0 Å². The first-order valence-electron chi connectivity index (χ1n) is 4.70. The van der Waals surface area contributed by atoms with Crippen molar-refractivity contribution in [3.8, 4) is 0 Å². The highest BCUT2D eigenvalue weighted by molar-refractivity contribution is 5.50. The van der Waals surface area contributed by atoms with Crippen molar-refractivity contribution in [1.29, 1.82) is 0 Å². The molecule has 94 valence electrons. The van der Waals surface area contributed by atoms with E-state index in [4.69, 9.17) is 5.73 Å². The Bertz CT molecular complexity index is 391. The first-order valence-corrected chi connectivity index (χ1v) is 4.70. The molecule has 1 aromatic rings. The van der Waals surface area contributed by atoms with Gasteiger partial charge < -0.3 is 5.73 Å². The number of rotatable bonds is 3. The van der Waals surface area contributed by atoms with E-state index < -0.39 is 17.7 Å². The fourth-order valence-corrected chi connectivity index (χ4v) is 1.17. The molecule has 0 spiro atoms. The van der Waals surface area contributed by atoms with Crippen LogP contribution in [0.4, 0.5) is 22.0 Å². The zero-order valence-corrected chi connectivity index (χ0v) is 8.64. The average molecular weight is 251 g/mol. The number of benzene rings is 1. The molecule has 0 unspecified atom stereocenters. The Labute approximate surface area is 94.7 Å². The second-order valence-electron chi connectivity index (χ2n) is 3.33. The summed E-state index contributed by atoms with van der Waals surface area (Å²) in [5.74, 6) is -4.83. The molecule has 0 aliphatic heterocycles. The smallest absolute Gasteiger partial charge is 0.327 e. The molecule has 0 heterocycles. The van der Waals surface area contributed by atoms with E-state index in [2.05, 4.69) is 0 Å². The molecule has 17 heavy (non-hydrogen) atoms. The van der Waals surface area contributed by atoms with E-state index in [1.807, 2.05) is 0 Å². The zero-order valence-electron chi connectivity index (χ0n) is 8.64. The van der Waals surface area contributed by atoms with E-state index in [0.29, 0.717) is 5.56 Å². The van der Waals surface area contributed by atoms with Gasteiger partial charge in [-0.1, -0.05) is 36.4 Å². The zero-order chi connectivity index (χ0) is 13.1. The Kier molecular flexibility index (Phi) is 3.87. The molecule has 1 nitrogen and oxygen atoms in total. The third-order valence-corrected chi connectivity index (χ3v) is 2.08. The maximum Gasteiger partial charge on any atom is 0.458 e. The molecule has 0 saturated carbocycles. The van der Waals surface area contributed by atoms with Gasteiger partial charge in [0.05, 0.1) is 0 Å². The van der Waals surface area contributed by atoms with E-state index >= 15 is 0 Å². The largest absolute Gasteiger partial charge is 0.458 e. The van der Waals surface area contributed by atoms with E-state index in [-0.39, 0.29) is 6.54 Å². The maximum atomic E-state index is 12.9. The van der Waals surface area contributed by atoms with E-state index in [9.17, 15) is 22.0 Å². The molecule has 2 N–H and O–H groups in total. The molecule has 0 aliphatic carbocycles. The lowest BCUT2D eigenvalue weighted by Gasteiger charge is -2.19. The van der Waals surface area contributed by atoms with Crippen molar-refractivity contribution in [3.05, 3.63) is 41.5 Å². The lowest BCUT2D eigenvalue weighted by molar-refractivity contribution is -0.289. The van der Waals surface area contributed by atoms with Gasteiger partial charge in [0.1, 0.15) is 0 Å². The molecular formula is C11H10F5N. The van der Waals surface area contributed by atoms with Gasteiger partial charge in [0.15, 0.2) is 0 Å². The van der Waals surface area contributed by atoms with Crippen molar-refractivity contribution >= 4 is 6.08 Å². The van der Waals surface area contributed by atoms with Gasteiger partial charge in [0.2, 0.25) is 0 Å². The number of hydrogen-bond acceptors (Lipinski definition) is 1. The third-order valence-electron chi connectivity index (χ3n) is 2.08. The molecule has 0 fully saturated rings. The summed E-state index contributed by atoms with van der Waals surface area (Å²) >= 11 is 0. The number of nitrogens with two attached hydrogens (primary N) is 1. The summed E-state index contributed by atoms with van der Waals surface area (Å²) in [7, 11) is 0. The number of alkyl halides is 5. The van der Waals surface area contributed by atoms with Crippen LogP contribution in [0.2, 0.25) is 0 Å². The minimum absolute atomic E-state index is 0.264. The van der Waals surface area contributed by atoms with Crippen molar-refractivity contribution in [2.24, 2.45) is 5.73 Å². The second kappa shape index (κ2) is 4.83. The lowest BCUT2D eigenvalue weighted by Crippen LogP contribution is -2.33. The van der Waals surface area contributed by atoms with Gasteiger partial charge in [0, 0.05) is 12.1 Å².